The highest BCUT2D eigenvalue weighted by Crippen LogP contribution is 2.13. The van der Waals surface area contributed by atoms with Gasteiger partial charge in [-0.2, -0.15) is 8.78 Å². The molecule has 0 bridgehead atoms. The van der Waals surface area contributed by atoms with Gasteiger partial charge in [0.25, 0.3) is 5.56 Å². The predicted octanol–water partition coefficient (Wildman–Crippen LogP) is 2.30. The van der Waals surface area contributed by atoms with Crippen molar-refractivity contribution in [3.05, 3.63) is 64.8 Å². The standard InChI is InChI=1S/C15H12F2N4O2/c16-15(17)23-11-5-4-10(18-9-11)8-19-12-7-14(22)21-6-2-1-3-13(21)20-12/h1-7,9,15,19H,8H2. The summed E-state index contributed by atoms with van der Waals surface area (Å²) in [4.78, 5) is 20.2. The molecule has 0 fully saturated rings. The summed E-state index contributed by atoms with van der Waals surface area (Å²) >= 11 is 0. The summed E-state index contributed by atoms with van der Waals surface area (Å²) in [6.07, 6.45) is 2.85. The molecule has 8 heteroatoms. The van der Waals surface area contributed by atoms with Crippen LogP contribution in [0.5, 0.6) is 5.75 Å². The van der Waals surface area contributed by atoms with Gasteiger partial charge < -0.3 is 10.1 Å². The number of ether oxygens (including phenoxy) is 1. The molecule has 23 heavy (non-hydrogen) atoms. The van der Waals surface area contributed by atoms with Crippen LogP contribution in [0.2, 0.25) is 0 Å². The first-order chi connectivity index (χ1) is 11.1. The highest BCUT2D eigenvalue weighted by atomic mass is 19.3. The van der Waals surface area contributed by atoms with Crippen molar-refractivity contribution in [3.8, 4) is 5.75 Å². The first kappa shape index (κ1) is 14.9. The summed E-state index contributed by atoms with van der Waals surface area (Å²) in [5, 5.41) is 2.98. The summed E-state index contributed by atoms with van der Waals surface area (Å²) < 4.78 is 29.8. The van der Waals surface area contributed by atoms with Gasteiger partial charge in [0.2, 0.25) is 0 Å². The summed E-state index contributed by atoms with van der Waals surface area (Å²) in [7, 11) is 0. The van der Waals surface area contributed by atoms with E-state index < -0.39 is 6.61 Å². The fourth-order valence-corrected chi connectivity index (χ4v) is 2.01. The quantitative estimate of drug-likeness (QED) is 0.782. The average molecular weight is 318 g/mol. The third-order valence-electron chi connectivity index (χ3n) is 3.04. The highest BCUT2D eigenvalue weighted by molar-refractivity contribution is 5.46. The summed E-state index contributed by atoms with van der Waals surface area (Å²) in [6.45, 7) is -2.58. The van der Waals surface area contributed by atoms with Gasteiger partial charge in [-0.1, -0.05) is 6.07 Å². The van der Waals surface area contributed by atoms with Crippen LogP contribution in [0.25, 0.3) is 5.65 Å². The molecule has 0 amide bonds. The monoisotopic (exact) mass is 318 g/mol. The molecule has 0 radical (unpaired) electrons. The fourth-order valence-electron chi connectivity index (χ4n) is 2.01. The minimum Gasteiger partial charge on any atom is -0.433 e. The molecule has 3 aromatic heterocycles. The number of anilines is 1. The zero-order chi connectivity index (χ0) is 16.2. The van der Waals surface area contributed by atoms with Gasteiger partial charge in [-0.3, -0.25) is 14.2 Å². The third kappa shape index (κ3) is 3.60. The van der Waals surface area contributed by atoms with Gasteiger partial charge in [-0.25, -0.2) is 4.98 Å². The first-order valence-corrected chi connectivity index (χ1v) is 6.74. The molecule has 0 aliphatic rings. The van der Waals surface area contributed by atoms with E-state index in [1.54, 1.807) is 30.5 Å². The fraction of sp³-hybridized carbons (Fsp3) is 0.133. The number of aromatic nitrogens is 3. The van der Waals surface area contributed by atoms with Crippen LogP contribution in [-0.2, 0) is 6.54 Å². The SMILES string of the molecule is O=c1cc(NCc2ccc(OC(F)F)cn2)nc2ccccn12. The molecule has 118 valence electrons. The number of pyridine rings is 2. The number of rotatable bonds is 5. The van der Waals surface area contributed by atoms with Gasteiger partial charge in [-0.05, 0) is 24.3 Å². The Bertz CT molecular complexity index is 865. The lowest BCUT2D eigenvalue weighted by Crippen LogP contribution is -2.15. The van der Waals surface area contributed by atoms with E-state index in [-0.39, 0.29) is 11.3 Å². The number of nitrogens with one attached hydrogen (secondary N) is 1. The van der Waals surface area contributed by atoms with E-state index in [2.05, 4.69) is 20.0 Å². The summed E-state index contributed by atoms with van der Waals surface area (Å²) in [5.74, 6) is 0.404. The number of halogens is 2. The molecule has 3 heterocycles. The number of alkyl halides is 2. The smallest absolute Gasteiger partial charge is 0.387 e. The summed E-state index contributed by atoms with van der Waals surface area (Å²) in [5.41, 5.74) is 0.921. The first-order valence-electron chi connectivity index (χ1n) is 6.74. The largest absolute Gasteiger partial charge is 0.433 e. The minimum atomic E-state index is -2.88. The lowest BCUT2D eigenvalue weighted by Gasteiger charge is -2.08. The molecule has 0 aliphatic carbocycles. The van der Waals surface area contributed by atoms with Crippen LogP contribution in [0.1, 0.15) is 5.69 Å². The zero-order valence-electron chi connectivity index (χ0n) is 11.8. The lowest BCUT2D eigenvalue weighted by molar-refractivity contribution is -0.0500. The molecule has 0 saturated heterocycles. The van der Waals surface area contributed by atoms with Crippen LogP contribution in [0.15, 0.2) is 53.6 Å². The normalized spacial score (nSPS) is 10.9. The van der Waals surface area contributed by atoms with Crippen molar-refractivity contribution in [1.82, 2.24) is 14.4 Å². The van der Waals surface area contributed by atoms with Crippen molar-refractivity contribution >= 4 is 11.5 Å². The van der Waals surface area contributed by atoms with E-state index in [1.165, 1.54) is 22.7 Å². The van der Waals surface area contributed by atoms with Gasteiger partial charge in [0.15, 0.2) is 0 Å². The molecule has 3 rings (SSSR count). The van der Waals surface area contributed by atoms with Crippen molar-refractivity contribution in [2.45, 2.75) is 13.2 Å². The Morgan fingerprint density at radius 1 is 1.26 bits per heavy atom. The van der Waals surface area contributed by atoms with Crippen molar-refractivity contribution in [3.63, 3.8) is 0 Å². The number of hydrogen-bond acceptors (Lipinski definition) is 5. The van der Waals surface area contributed by atoms with Crippen LogP contribution in [0, 0.1) is 0 Å². The molecule has 3 aromatic rings. The van der Waals surface area contributed by atoms with E-state index in [0.717, 1.165) is 0 Å². The second-order valence-corrected chi connectivity index (χ2v) is 4.63. The van der Waals surface area contributed by atoms with Crippen LogP contribution in [0.3, 0.4) is 0 Å². The van der Waals surface area contributed by atoms with Gasteiger partial charge in [0, 0.05) is 12.3 Å². The third-order valence-corrected chi connectivity index (χ3v) is 3.04. The summed E-state index contributed by atoms with van der Waals surface area (Å²) in [6, 6.07) is 9.59. The van der Waals surface area contributed by atoms with Crippen molar-refractivity contribution < 1.29 is 13.5 Å². The average Bonchev–Trinajstić information content (AvgIpc) is 2.54. The number of fused-ring (bicyclic) bond motifs is 1. The second-order valence-electron chi connectivity index (χ2n) is 4.63. The molecule has 0 atom stereocenters. The van der Waals surface area contributed by atoms with Crippen LogP contribution in [0.4, 0.5) is 14.6 Å². The van der Waals surface area contributed by atoms with Gasteiger partial charge >= 0.3 is 6.61 Å². The second kappa shape index (κ2) is 6.39. The Kier molecular flexibility index (Phi) is 4.13. The maximum absolute atomic E-state index is 12.1. The van der Waals surface area contributed by atoms with E-state index in [4.69, 9.17) is 0 Å². The Balaban J connectivity index is 1.72. The van der Waals surface area contributed by atoms with Crippen molar-refractivity contribution in [2.75, 3.05) is 5.32 Å². The molecule has 6 nitrogen and oxygen atoms in total. The highest BCUT2D eigenvalue weighted by Gasteiger charge is 2.05. The van der Waals surface area contributed by atoms with Gasteiger partial charge in [-0.15, -0.1) is 0 Å². The number of nitrogens with zero attached hydrogens (tertiary/aromatic N) is 3. The molecule has 0 unspecified atom stereocenters. The van der Waals surface area contributed by atoms with Crippen LogP contribution >= 0.6 is 0 Å². The predicted molar refractivity (Wildman–Crippen MR) is 79.7 cm³/mol. The topological polar surface area (TPSA) is 68.5 Å². The van der Waals surface area contributed by atoms with E-state index in [1.807, 2.05) is 0 Å². The van der Waals surface area contributed by atoms with E-state index in [0.29, 0.717) is 23.7 Å². The maximum Gasteiger partial charge on any atom is 0.387 e. The molecule has 0 saturated carbocycles. The van der Waals surface area contributed by atoms with E-state index >= 15 is 0 Å². The van der Waals surface area contributed by atoms with Crippen molar-refractivity contribution in [2.24, 2.45) is 0 Å². The Hall–Kier alpha value is -3.03. The molecular weight excluding hydrogens is 306 g/mol. The maximum atomic E-state index is 12.1. The van der Waals surface area contributed by atoms with Gasteiger partial charge in [0.05, 0.1) is 18.4 Å². The zero-order valence-corrected chi connectivity index (χ0v) is 11.8. The van der Waals surface area contributed by atoms with Crippen LogP contribution in [-0.4, -0.2) is 21.0 Å². The molecule has 0 aromatic carbocycles. The molecular formula is C15H12F2N4O2. The van der Waals surface area contributed by atoms with Gasteiger partial charge in [0.1, 0.15) is 17.2 Å². The molecule has 0 aliphatic heterocycles. The number of hydrogen-bond donors (Lipinski definition) is 1. The molecule has 0 spiro atoms. The lowest BCUT2D eigenvalue weighted by atomic mass is 10.3. The Morgan fingerprint density at radius 2 is 2.13 bits per heavy atom. The van der Waals surface area contributed by atoms with E-state index in [9.17, 15) is 13.6 Å². The minimum absolute atomic E-state index is 0.00850. The van der Waals surface area contributed by atoms with Crippen LogP contribution < -0.4 is 15.6 Å². The van der Waals surface area contributed by atoms with Crippen molar-refractivity contribution in [1.29, 1.82) is 0 Å². The molecule has 1 N–H and O–H groups in total. The Labute approximate surface area is 129 Å². The Morgan fingerprint density at radius 3 is 2.87 bits per heavy atom.